The molecule has 0 unspecified atom stereocenters. The van der Waals surface area contributed by atoms with Crippen molar-refractivity contribution in [3.63, 3.8) is 0 Å². The summed E-state index contributed by atoms with van der Waals surface area (Å²) in [4.78, 5) is 39.6. The number of ether oxygens (including phenoxy) is 1. The molecule has 1 saturated carbocycles. The van der Waals surface area contributed by atoms with Gasteiger partial charge in [-0.25, -0.2) is 9.78 Å². The van der Waals surface area contributed by atoms with E-state index < -0.39 is 6.03 Å². The lowest BCUT2D eigenvalue weighted by Crippen LogP contribution is -2.40. The minimum atomic E-state index is -0.429. The van der Waals surface area contributed by atoms with Crippen molar-refractivity contribution in [1.82, 2.24) is 14.9 Å². The number of likely N-dealkylation sites (tertiary alicyclic amines) is 1. The lowest BCUT2D eigenvalue weighted by atomic mass is 9.85. The zero-order chi connectivity index (χ0) is 23.4. The minimum Gasteiger partial charge on any atom is -0.455 e. The van der Waals surface area contributed by atoms with Crippen molar-refractivity contribution < 1.29 is 14.3 Å². The number of rotatable bonds is 5. The SMILES string of the molecule is CN=CC(=CN)c1cc(Oc2ccc(NC(=O)N3CCC4(CCCC4)C3=O)nc2C)ccn1. The van der Waals surface area contributed by atoms with Crippen LogP contribution in [0.1, 0.15) is 43.5 Å². The number of nitrogens with two attached hydrogens (primary N) is 1. The highest BCUT2D eigenvalue weighted by atomic mass is 16.5. The first-order valence-electron chi connectivity index (χ1n) is 11.0. The molecule has 9 nitrogen and oxygen atoms in total. The number of aryl methyl sites for hydroxylation is 1. The maximum atomic E-state index is 12.8. The van der Waals surface area contributed by atoms with Crippen LogP contribution < -0.4 is 15.8 Å². The van der Waals surface area contributed by atoms with Crippen LogP contribution in [0.4, 0.5) is 10.6 Å². The van der Waals surface area contributed by atoms with E-state index in [1.54, 1.807) is 50.6 Å². The standard InChI is InChI=1S/C24H28N6O3/c1-16-20(33-18-7-11-27-19(13-18)17(14-25)15-26-2)5-6-21(28-16)29-23(32)30-12-10-24(22(30)31)8-3-4-9-24/h5-7,11,13-15H,3-4,8-10,12,25H2,1-2H3,(H,28,29,32). The number of hydrogen-bond acceptors (Lipinski definition) is 7. The second kappa shape index (κ2) is 9.40. The van der Waals surface area contributed by atoms with E-state index in [4.69, 9.17) is 10.5 Å². The van der Waals surface area contributed by atoms with Gasteiger partial charge in [-0.15, -0.1) is 0 Å². The quantitative estimate of drug-likeness (QED) is 0.669. The lowest BCUT2D eigenvalue weighted by molar-refractivity contribution is -0.133. The van der Waals surface area contributed by atoms with E-state index in [-0.39, 0.29) is 11.3 Å². The summed E-state index contributed by atoms with van der Waals surface area (Å²) in [5.41, 5.74) is 7.23. The molecule has 0 bridgehead atoms. The summed E-state index contributed by atoms with van der Waals surface area (Å²) >= 11 is 0. The van der Waals surface area contributed by atoms with Crippen LogP contribution in [0.2, 0.25) is 0 Å². The maximum Gasteiger partial charge on any atom is 0.329 e. The molecule has 2 fully saturated rings. The highest BCUT2D eigenvalue weighted by Gasteiger charge is 2.49. The molecule has 2 aromatic heterocycles. The number of nitrogens with one attached hydrogen (secondary N) is 1. The Morgan fingerprint density at radius 1 is 1.27 bits per heavy atom. The zero-order valence-corrected chi connectivity index (χ0v) is 18.9. The highest BCUT2D eigenvalue weighted by Crippen LogP contribution is 2.46. The summed E-state index contributed by atoms with van der Waals surface area (Å²) < 4.78 is 5.97. The third-order valence-corrected chi connectivity index (χ3v) is 6.29. The molecule has 1 spiro atoms. The van der Waals surface area contributed by atoms with Crippen molar-refractivity contribution in [2.24, 2.45) is 16.1 Å². The zero-order valence-electron chi connectivity index (χ0n) is 18.9. The van der Waals surface area contributed by atoms with Crippen LogP contribution in [-0.4, -0.2) is 46.6 Å². The van der Waals surface area contributed by atoms with E-state index in [2.05, 4.69) is 20.3 Å². The van der Waals surface area contributed by atoms with Crippen molar-refractivity contribution in [2.45, 2.75) is 39.0 Å². The fourth-order valence-electron chi connectivity index (χ4n) is 4.53. The molecular weight excluding hydrogens is 420 g/mol. The van der Waals surface area contributed by atoms with Crippen molar-refractivity contribution in [3.05, 3.63) is 48.1 Å². The van der Waals surface area contributed by atoms with Gasteiger partial charge in [0.15, 0.2) is 0 Å². The predicted molar refractivity (Wildman–Crippen MR) is 126 cm³/mol. The first kappa shape index (κ1) is 22.4. The van der Waals surface area contributed by atoms with Crippen molar-refractivity contribution in [2.75, 3.05) is 18.9 Å². The van der Waals surface area contributed by atoms with E-state index in [1.807, 2.05) is 0 Å². The molecule has 33 heavy (non-hydrogen) atoms. The average molecular weight is 449 g/mol. The number of aliphatic imine (C=N–C) groups is 1. The van der Waals surface area contributed by atoms with E-state index in [0.717, 1.165) is 32.1 Å². The highest BCUT2D eigenvalue weighted by molar-refractivity contribution is 6.08. The smallest absolute Gasteiger partial charge is 0.329 e. The Hall–Kier alpha value is -3.75. The summed E-state index contributed by atoms with van der Waals surface area (Å²) in [6.07, 6.45) is 9.29. The molecule has 1 aliphatic heterocycles. The number of hydrogen-bond donors (Lipinski definition) is 2. The molecule has 2 aliphatic rings. The van der Waals surface area contributed by atoms with Crippen LogP contribution in [0.15, 0.2) is 41.7 Å². The van der Waals surface area contributed by atoms with Crippen LogP contribution in [-0.2, 0) is 4.79 Å². The average Bonchev–Trinajstić information content (AvgIpc) is 3.42. The van der Waals surface area contributed by atoms with Gasteiger partial charge >= 0.3 is 6.03 Å². The first-order chi connectivity index (χ1) is 16.0. The molecule has 0 radical (unpaired) electrons. The molecule has 1 saturated heterocycles. The molecule has 9 heteroatoms. The molecule has 4 rings (SSSR count). The van der Waals surface area contributed by atoms with Gasteiger partial charge in [0, 0.05) is 43.8 Å². The normalized spacial score (nSPS) is 17.8. The van der Waals surface area contributed by atoms with Gasteiger partial charge in [-0.3, -0.25) is 25.0 Å². The van der Waals surface area contributed by atoms with Gasteiger partial charge in [0.2, 0.25) is 5.91 Å². The van der Waals surface area contributed by atoms with Gasteiger partial charge in [0.05, 0.1) is 16.8 Å². The molecule has 3 N–H and O–H groups in total. The molecule has 3 amide bonds. The minimum absolute atomic E-state index is 0.0540. The Balaban J connectivity index is 1.44. The second-order valence-electron chi connectivity index (χ2n) is 8.39. The lowest BCUT2D eigenvalue weighted by Gasteiger charge is -2.21. The number of allylic oxidation sites excluding steroid dienone is 1. The molecular formula is C24H28N6O3. The van der Waals surface area contributed by atoms with Gasteiger partial charge in [-0.05, 0) is 44.4 Å². The van der Waals surface area contributed by atoms with E-state index in [1.165, 1.54) is 11.1 Å². The summed E-state index contributed by atoms with van der Waals surface area (Å²) in [6.45, 7) is 2.24. The van der Waals surface area contributed by atoms with Gasteiger partial charge in [0.25, 0.3) is 0 Å². The third kappa shape index (κ3) is 4.57. The Labute approximate surface area is 192 Å². The number of carbonyl (C=O) groups is 2. The number of carbonyl (C=O) groups excluding carboxylic acids is 2. The monoisotopic (exact) mass is 448 g/mol. The van der Waals surface area contributed by atoms with E-state index in [9.17, 15) is 9.59 Å². The second-order valence-corrected chi connectivity index (χ2v) is 8.39. The molecule has 2 aromatic rings. The third-order valence-electron chi connectivity index (χ3n) is 6.29. The fraction of sp³-hybridized carbons (Fsp3) is 0.375. The first-order valence-corrected chi connectivity index (χ1v) is 11.0. The van der Waals surface area contributed by atoms with Gasteiger partial charge in [0.1, 0.15) is 17.3 Å². The van der Waals surface area contributed by atoms with Crippen molar-refractivity contribution in [3.8, 4) is 11.5 Å². The molecule has 1 aliphatic carbocycles. The number of aromatic nitrogens is 2. The van der Waals surface area contributed by atoms with Crippen LogP contribution in [0.25, 0.3) is 5.57 Å². The van der Waals surface area contributed by atoms with Crippen LogP contribution in [0.5, 0.6) is 11.5 Å². The number of urea groups is 1. The Bertz CT molecular complexity index is 1120. The Morgan fingerprint density at radius 2 is 2.06 bits per heavy atom. The van der Waals surface area contributed by atoms with Crippen LogP contribution in [0.3, 0.4) is 0 Å². The number of imide groups is 1. The topological polar surface area (TPSA) is 123 Å². The van der Waals surface area contributed by atoms with Crippen molar-refractivity contribution in [1.29, 1.82) is 0 Å². The summed E-state index contributed by atoms with van der Waals surface area (Å²) in [6, 6.07) is 6.45. The number of anilines is 1. The summed E-state index contributed by atoms with van der Waals surface area (Å²) in [5.74, 6) is 1.42. The van der Waals surface area contributed by atoms with Crippen LogP contribution >= 0.6 is 0 Å². The summed E-state index contributed by atoms with van der Waals surface area (Å²) in [7, 11) is 1.66. The Kier molecular flexibility index (Phi) is 6.39. The van der Waals surface area contributed by atoms with Gasteiger partial charge < -0.3 is 10.5 Å². The predicted octanol–water partition coefficient (Wildman–Crippen LogP) is 3.90. The van der Waals surface area contributed by atoms with Gasteiger partial charge in [-0.1, -0.05) is 12.8 Å². The number of nitrogens with zero attached hydrogens (tertiary/aromatic N) is 4. The summed E-state index contributed by atoms with van der Waals surface area (Å²) in [5, 5.41) is 2.75. The molecule has 0 aromatic carbocycles. The van der Waals surface area contributed by atoms with Crippen molar-refractivity contribution >= 4 is 29.5 Å². The largest absolute Gasteiger partial charge is 0.455 e. The molecule has 0 atom stereocenters. The number of pyridine rings is 2. The van der Waals surface area contributed by atoms with Gasteiger partial charge in [-0.2, -0.15) is 0 Å². The maximum absolute atomic E-state index is 12.8. The van der Waals surface area contributed by atoms with Crippen LogP contribution in [0, 0.1) is 12.3 Å². The van der Waals surface area contributed by atoms with E-state index in [0.29, 0.717) is 40.8 Å². The molecule has 3 heterocycles. The molecule has 172 valence electrons. The Morgan fingerprint density at radius 3 is 2.76 bits per heavy atom. The number of amides is 3. The fourth-order valence-corrected chi connectivity index (χ4v) is 4.53. The van der Waals surface area contributed by atoms with E-state index >= 15 is 0 Å².